The van der Waals surface area contributed by atoms with Gasteiger partial charge in [0.05, 0.1) is 12.5 Å². The predicted molar refractivity (Wildman–Crippen MR) is 116 cm³/mol. The molecule has 2 heterocycles. The number of anilines is 1. The Morgan fingerprint density at radius 3 is 2.48 bits per heavy atom. The minimum atomic E-state index is 0.708. The summed E-state index contributed by atoms with van der Waals surface area (Å²) in [5.74, 6) is 1.65. The molecular formula is C23H24N4O2. The molecule has 0 radical (unpaired) electrons. The molecule has 1 N–H and O–H groups in total. The monoisotopic (exact) mass is 388 g/mol. The molecule has 0 unspecified atom stereocenters. The molecule has 0 saturated carbocycles. The molecule has 0 aliphatic rings. The van der Waals surface area contributed by atoms with E-state index in [1.165, 1.54) is 0 Å². The molecule has 4 aromatic rings. The van der Waals surface area contributed by atoms with Crippen LogP contribution in [0.3, 0.4) is 0 Å². The lowest BCUT2D eigenvalue weighted by Crippen LogP contribution is -2.07. The van der Waals surface area contributed by atoms with E-state index in [-0.39, 0.29) is 0 Å². The van der Waals surface area contributed by atoms with Crippen molar-refractivity contribution in [2.75, 3.05) is 32.7 Å². The number of aromatic nitrogens is 3. The van der Waals surface area contributed by atoms with Crippen LogP contribution >= 0.6 is 0 Å². The van der Waals surface area contributed by atoms with Crippen molar-refractivity contribution in [3.63, 3.8) is 0 Å². The number of nitrogens with one attached hydrogen (secondary N) is 1. The minimum Gasteiger partial charge on any atom is -0.497 e. The van der Waals surface area contributed by atoms with Crippen LogP contribution in [0, 0.1) is 0 Å². The Balaban J connectivity index is 1.84. The highest BCUT2D eigenvalue weighted by Gasteiger charge is 2.17. The van der Waals surface area contributed by atoms with Crippen LogP contribution in [0.15, 0.2) is 67.1 Å². The summed E-state index contributed by atoms with van der Waals surface area (Å²) < 4.78 is 12.5. The first-order valence-electron chi connectivity index (χ1n) is 9.60. The molecular weight excluding hydrogens is 364 g/mol. The number of ether oxygens (including phenoxy) is 2. The second kappa shape index (κ2) is 8.75. The number of methoxy groups -OCH3 is 2. The summed E-state index contributed by atoms with van der Waals surface area (Å²) in [6, 6.07) is 18.3. The SMILES string of the molecule is COCCCNc1ncnc2c1c(-c1ccccc1)cn2-c1ccc(OC)cc1. The quantitative estimate of drug-likeness (QED) is 0.449. The molecule has 0 fully saturated rings. The van der Waals surface area contributed by atoms with Crippen LogP contribution in [0.2, 0.25) is 0 Å². The van der Waals surface area contributed by atoms with Gasteiger partial charge >= 0.3 is 0 Å². The van der Waals surface area contributed by atoms with Crippen LogP contribution in [0.1, 0.15) is 6.42 Å². The molecule has 0 saturated heterocycles. The summed E-state index contributed by atoms with van der Waals surface area (Å²) in [5, 5.41) is 4.46. The summed E-state index contributed by atoms with van der Waals surface area (Å²) in [6.45, 7) is 1.49. The van der Waals surface area contributed by atoms with Crippen molar-refractivity contribution in [2.24, 2.45) is 0 Å². The molecule has 2 aromatic carbocycles. The molecule has 0 aliphatic heterocycles. The third kappa shape index (κ3) is 3.93. The van der Waals surface area contributed by atoms with E-state index in [0.29, 0.717) is 6.61 Å². The molecule has 6 heteroatoms. The fourth-order valence-corrected chi connectivity index (χ4v) is 3.40. The van der Waals surface area contributed by atoms with Crippen molar-refractivity contribution >= 4 is 16.9 Å². The maximum Gasteiger partial charge on any atom is 0.150 e. The number of nitrogens with zero attached hydrogens (tertiary/aromatic N) is 3. The van der Waals surface area contributed by atoms with Gasteiger partial charge in [-0.2, -0.15) is 0 Å². The average molecular weight is 388 g/mol. The summed E-state index contributed by atoms with van der Waals surface area (Å²) in [4.78, 5) is 9.14. The van der Waals surface area contributed by atoms with Crippen molar-refractivity contribution in [3.8, 4) is 22.6 Å². The number of hydrogen-bond acceptors (Lipinski definition) is 5. The van der Waals surface area contributed by atoms with E-state index in [4.69, 9.17) is 9.47 Å². The van der Waals surface area contributed by atoms with E-state index in [1.54, 1.807) is 20.5 Å². The van der Waals surface area contributed by atoms with Gasteiger partial charge in [0, 0.05) is 37.7 Å². The van der Waals surface area contributed by atoms with Gasteiger partial charge in [-0.3, -0.25) is 0 Å². The van der Waals surface area contributed by atoms with Crippen molar-refractivity contribution < 1.29 is 9.47 Å². The highest BCUT2D eigenvalue weighted by atomic mass is 16.5. The standard InChI is InChI=1S/C23H24N4O2/c1-28-14-6-13-24-22-21-20(17-7-4-3-5-8-17)15-27(23(21)26-16-25-22)18-9-11-19(29-2)12-10-18/h3-5,7-12,15-16H,6,13-14H2,1-2H3,(H,24,25,26). The van der Waals surface area contributed by atoms with Crippen molar-refractivity contribution in [3.05, 3.63) is 67.1 Å². The summed E-state index contributed by atoms with van der Waals surface area (Å²) in [5.41, 5.74) is 4.09. The van der Waals surface area contributed by atoms with E-state index >= 15 is 0 Å². The highest BCUT2D eigenvalue weighted by molar-refractivity contribution is 6.02. The number of hydrogen-bond donors (Lipinski definition) is 1. The van der Waals surface area contributed by atoms with Gasteiger partial charge in [-0.05, 0) is 36.2 Å². The van der Waals surface area contributed by atoms with E-state index in [0.717, 1.165) is 52.4 Å². The molecule has 0 aliphatic carbocycles. The Morgan fingerprint density at radius 2 is 1.76 bits per heavy atom. The topological polar surface area (TPSA) is 61.2 Å². The number of fused-ring (bicyclic) bond motifs is 1. The molecule has 0 atom stereocenters. The Morgan fingerprint density at radius 1 is 0.966 bits per heavy atom. The molecule has 6 nitrogen and oxygen atoms in total. The van der Waals surface area contributed by atoms with E-state index in [9.17, 15) is 0 Å². The van der Waals surface area contributed by atoms with Crippen molar-refractivity contribution in [1.29, 1.82) is 0 Å². The molecule has 4 rings (SSSR count). The van der Waals surface area contributed by atoms with E-state index in [1.807, 2.05) is 42.5 Å². The lowest BCUT2D eigenvalue weighted by Gasteiger charge is -2.09. The van der Waals surface area contributed by atoms with Crippen LogP contribution in [-0.2, 0) is 4.74 Å². The molecule has 148 valence electrons. The average Bonchev–Trinajstić information content (AvgIpc) is 3.18. The Hall–Kier alpha value is -3.38. The number of rotatable bonds is 8. The lowest BCUT2D eigenvalue weighted by atomic mass is 10.1. The first-order chi connectivity index (χ1) is 14.3. The van der Waals surface area contributed by atoms with Gasteiger partial charge in [0.15, 0.2) is 5.65 Å². The molecule has 0 bridgehead atoms. The van der Waals surface area contributed by atoms with Gasteiger partial charge in [0.2, 0.25) is 0 Å². The lowest BCUT2D eigenvalue weighted by molar-refractivity contribution is 0.198. The molecule has 0 amide bonds. The zero-order chi connectivity index (χ0) is 20.1. The van der Waals surface area contributed by atoms with Crippen LogP contribution < -0.4 is 10.1 Å². The van der Waals surface area contributed by atoms with Crippen LogP contribution in [0.25, 0.3) is 27.8 Å². The Labute approximate surface area is 170 Å². The predicted octanol–water partition coefficient (Wildman–Crippen LogP) is 4.54. The second-order valence-corrected chi connectivity index (χ2v) is 6.67. The fourth-order valence-electron chi connectivity index (χ4n) is 3.40. The highest BCUT2D eigenvalue weighted by Crippen LogP contribution is 2.35. The minimum absolute atomic E-state index is 0.708. The molecule has 29 heavy (non-hydrogen) atoms. The van der Waals surface area contributed by atoms with Gasteiger partial charge in [-0.1, -0.05) is 30.3 Å². The van der Waals surface area contributed by atoms with Crippen LogP contribution in [0.4, 0.5) is 5.82 Å². The van der Waals surface area contributed by atoms with Crippen molar-refractivity contribution in [2.45, 2.75) is 6.42 Å². The van der Waals surface area contributed by atoms with Crippen LogP contribution in [0.5, 0.6) is 5.75 Å². The molecule has 2 aromatic heterocycles. The fraction of sp³-hybridized carbons (Fsp3) is 0.217. The summed E-state index contributed by atoms with van der Waals surface area (Å²) in [6.07, 6.45) is 4.63. The summed E-state index contributed by atoms with van der Waals surface area (Å²) >= 11 is 0. The van der Waals surface area contributed by atoms with E-state index < -0.39 is 0 Å². The van der Waals surface area contributed by atoms with E-state index in [2.05, 4.69) is 38.2 Å². The zero-order valence-electron chi connectivity index (χ0n) is 16.6. The second-order valence-electron chi connectivity index (χ2n) is 6.67. The van der Waals surface area contributed by atoms with Gasteiger partial charge in [-0.15, -0.1) is 0 Å². The van der Waals surface area contributed by atoms with Gasteiger partial charge < -0.3 is 19.4 Å². The zero-order valence-corrected chi connectivity index (χ0v) is 16.6. The first-order valence-corrected chi connectivity index (χ1v) is 9.60. The third-order valence-corrected chi connectivity index (χ3v) is 4.84. The Bertz CT molecular complexity index is 1080. The van der Waals surface area contributed by atoms with Crippen molar-refractivity contribution in [1.82, 2.24) is 14.5 Å². The third-order valence-electron chi connectivity index (χ3n) is 4.84. The van der Waals surface area contributed by atoms with Gasteiger partial charge in [0.1, 0.15) is 17.9 Å². The maximum atomic E-state index is 5.30. The molecule has 0 spiro atoms. The van der Waals surface area contributed by atoms with Crippen LogP contribution in [-0.4, -0.2) is 41.9 Å². The van der Waals surface area contributed by atoms with Gasteiger partial charge in [-0.25, -0.2) is 9.97 Å². The maximum absolute atomic E-state index is 5.30. The summed E-state index contributed by atoms with van der Waals surface area (Å²) in [7, 11) is 3.38. The Kier molecular flexibility index (Phi) is 5.72. The smallest absolute Gasteiger partial charge is 0.150 e. The largest absolute Gasteiger partial charge is 0.497 e. The normalized spacial score (nSPS) is 11.0. The first kappa shape index (κ1) is 19.0. The van der Waals surface area contributed by atoms with Gasteiger partial charge in [0.25, 0.3) is 0 Å². The number of benzene rings is 2.